The van der Waals surface area contributed by atoms with Crippen molar-refractivity contribution in [2.24, 2.45) is 0 Å². The first-order chi connectivity index (χ1) is 4.72. The summed E-state index contributed by atoms with van der Waals surface area (Å²) in [6.07, 6.45) is 1.56. The van der Waals surface area contributed by atoms with E-state index in [0.717, 1.165) is 0 Å². The summed E-state index contributed by atoms with van der Waals surface area (Å²) in [5.74, 6) is -0.0116. The summed E-state index contributed by atoms with van der Waals surface area (Å²) in [6.45, 7) is 5.24. The molecular weight excluding hydrogens is 146 g/mol. The fourth-order valence-electron chi connectivity index (χ4n) is 0.538. The van der Waals surface area contributed by atoms with Crippen molar-refractivity contribution in [3.05, 3.63) is 28.7 Å². The van der Waals surface area contributed by atoms with E-state index in [-0.39, 0.29) is 5.78 Å². The lowest BCUT2D eigenvalue weighted by atomic mass is 10.2. The summed E-state index contributed by atoms with van der Waals surface area (Å²) >= 11 is 1.34. The number of carbonyl (C=O) groups is 1. The van der Waals surface area contributed by atoms with Gasteiger partial charge in [0, 0.05) is 6.20 Å². The van der Waals surface area contributed by atoms with Gasteiger partial charge in [0.25, 0.3) is 0 Å². The van der Waals surface area contributed by atoms with Crippen LogP contribution in [0.4, 0.5) is 0 Å². The zero-order valence-electron chi connectivity index (χ0n) is 5.63. The largest absolute Gasteiger partial charge is 0.288 e. The second kappa shape index (κ2) is 2.75. The second-order valence-electron chi connectivity index (χ2n) is 1.98. The smallest absolute Gasteiger partial charge is 0.199 e. The van der Waals surface area contributed by atoms with Crippen LogP contribution in [0.2, 0.25) is 0 Å². The lowest BCUT2D eigenvalue weighted by molar-refractivity contribution is 0.103. The van der Waals surface area contributed by atoms with Crippen LogP contribution in [0.25, 0.3) is 0 Å². The van der Waals surface area contributed by atoms with Gasteiger partial charge in [-0.15, -0.1) is 11.3 Å². The number of aromatic nitrogens is 1. The summed E-state index contributed by atoms with van der Waals surface area (Å²) in [4.78, 5) is 15.5. The molecule has 0 atom stereocenters. The number of nitrogens with zero attached hydrogens (tertiary/aromatic N) is 1. The van der Waals surface area contributed by atoms with E-state index in [9.17, 15) is 4.79 Å². The van der Waals surface area contributed by atoms with Gasteiger partial charge in [-0.1, -0.05) is 6.58 Å². The van der Waals surface area contributed by atoms with E-state index in [2.05, 4.69) is 11.6 Å². The van der Waals surface area contributed by atoms with E-state index in [1.54, 1.807) is 18.6 Å². The Balaban J connectivity index is 2.88. The van der Waals surface area contributed by atoms with Gasteiger partial charge in [0.2, 0.25) is 0 Å². The second-order valence-corrected chi connectivity index (χ2v) is 2.86. The van der Waals surface area contributed by atoms with E-state index in [0.29, 0.717) is 10.5 Å². The Morgan fingerprint density at radius 1 is 1.80 bits per heavy atom. The lowest BCUT2D eigenvalue weighted by Crippen LogP contribution is -1.94. The highest BCUT2D eigenvalue weighted by molar-refractivity contribution is 7.11. The predicted octanol–water partition coefficient (Wildman–Crippen LogP) is 1.90. The number of hydrogen-bond acceptors (Lipinski definition) is 3. The molecule has 0 aliphatic carbocycles. The first kappa shape index (κ1) is 7.15. The van der Waals surface area contributed by atoms with Crippen LogP contribution in [0, 0.1) is 0 Å². The normalized spacial score (nSPS) is 9.30. The molecule has 0 unspecified atom stereocenters. The maximum Gasteiger partial charge on any atom is 0.199 e. The number of ketones is 1. The molecule has 1 aromatic heterocycles. The van der Waals surface area contributed by atoms with Crippen LogP contribution < -0.4 is 0 Å². The maximum absolute atomic E-state index is 11.1. The molecule has 0 aromatic carbocycles. The molecule has 0 fully saturated rings. The molecule has 1 rings (SSSR count). The van der Waals surface area contributed by atoms with E-state index in [1.165, 1.54) is 11.3 Å². The number of Topliss-reactive ketones (excluding diaryl/α,β-unsaturated/α-hetero) is 1. The molecule has 0 N–H and O–H groups in total. The van der Waals surface area contributed by atoms with Crippen LogP contribution in [-0.2, 0) is 0 Å². The van der Waals surface area contributed by atoms with Crippen LogP contribution >= 0.6 is 11.3 Å². The van der Waals surface area contributed by atoms with Crippen LogP contribution in [0.5, 0.6) is 0 Å². The number of allylic oxidation sites excluding steroid dienone is 1. The molecule has 52 valence electrons. The minimum Gasteiger partial charge on any atom is -0.288 e. The third-order valence-corrected chi connectivity index (χ3v) is 1.82. The van der Waals surface area contributed by atoms with Crippen molar-refractivity contribution in [3.8, 4) is 0 Å². The Labute approximate surface area is 63.2 Å². The topological polar surface area (TPSA) is 30.0 Å². The lowest BCUT2D eigenvalue weighted by Gasteiger charge is -1.90. The summed E-state index contributed by atoms with van der Waals surface area (Å²) in [6, 6.07) is 0. The van der Waals surface area contributed by atoms with Gasteiger partial charge in [-0.3, -0.25) is 9.78 Å². The van der Waals surface area contributed by atoms with E-state index >= 15 is 0 Å². The van der Waals surface area contributed by atoms with Gasteiger partial charge in [-0.2, -0.15) is 0 Å². The van der Waals surface area contributed by atoms with E-state index in [1.807, 2.05) is 0 Å². The number of rotatable bonds is 2. The molecule has 0 spiro atoms. The Hall–Kier alpha value is -0.960. The summed E-state index contributed by atoms with van der Waals surface area (Å²) in [5.41, 5.74) is 2.19. The molecule has 0 aliphatic rings. The van der Waals surface area contributed by atoms with Crippen molar-refractivity contribution in [2.75, 3.05) is 0 Å². The standard InChI is InChI=1S/C7H7NOS/c1-5(2)7(9)6-3-8-4-10-6/h3-4H,1H2,2H3. The van der Waals surface area contributed by atoms with Gasteiger partial charge in [0.05, 0.1) is 10.4 Å². The van der Waals surface area contributed by atoms with Crippen molar-refractivity contribution >= 4 is 17.1 Å². The zero-order chi connectivity index (χ0) is 7.56. The van der Waals surface area contributed by atoms with Gasteiger partial charge < -0.3 is 0 Å². The molecule has 2 nitrogen and oxygen atoms in total. The van der Waals surface area contributed by atoms with Gasteiger partial charge in [-0.05, 0) is 12.5 Å². The number of thiazole rings is 1. The zero-order valence-corrected chi connectivity index (χ0v) is 6.44. The Morgan fingerprint density at radius 2 is 2.50 bits per heavy atom. The molecule has 0 bridgehead atoms. The van der Waals surface area contributed by atoms with Crippen molar-refractivity contribution in [1.82, 2.24) is 4.98 Å². The fraction of sp³-hybridized carbons (Fsp3) is 0.143. The van der Waals surface area contributed by atoms with Crippen molar-refractivity contribution in [2.45, 2.75) is 6.92 Å². The van der Waals surface area contributed by atoms with Gasteiger partial charge >= 0.3 is 0 Å². The van der Waals surface area contributed by atoms with E-state index in [4.69, 9.17) is 0 Å². The predicted molar refractivity (Wildman–Crippen MR) is 41.3 cm³/mol. The molecule has 0 aliphatic heterocycles. The molecule has 3 heteroatoms. The Bertz CT molecular complexity index is 251. The van der Waals surface area contributed by atoms with Gasteiger partial charge in [0.1, 0.15) is 0 Å². The molecule has 0 saturated heterocycles. The highest BCUT2D eigenvalue weighted by atomic mass is 32.1. The van der Waals surface area contributed by atoms with Crippen LogP contribution in [-0.4, -0.2) is 10.8 Å². The quantitative estimate of drug-likeness (QED) is 0.480. The molecule has 0 saturated carbocycles. The molecular formula is C7H7NOS. The summed E-state index contributed by atoms with van der Waals surface area (Å²) in [5, 5.41) is 0. The average molecular weight is 153 g/mol. The first-order valence-electron chi connectivity index (χ1n) is 2.80. The summed E-state index contributed by atoms with van der Waals surface area (Å²) in [7, 11) is 0. The molecule has 0 radical (unpaired) electrons. The highest BCUT2D eigenvalue weighted by Gasteiger charge is 2.06. The van der Waals surface area contributed by atoms with Crippen molar-refractivity contribution < 1.29 is 4.79 Å². The van der Waals surface area contributed by atoms with Crippen LogP contribution in [0.1, 0.15) is 16.6 Å². The molecule has 0 amide bonds. The highest BCUT2D eigenvalue weighted by Crippen LogP contribution is 2.10. The SMILES string of the molecule is C=C(C)C(=O)c1cncs1. The first-order valence-corrected chi connectivity index (χ1v) is 3.68. The monoisotopic (exact) mass is 153 g/mol. The third kappa shape index (κ3) is 1.30. The minimum absolute atomic E-state index is 0.0116. The summed E-state index contributed by atoms with van der Waals surface area (Å²) < 4.78 is 0. The molecule has 10 heavy (non-hydrogen) atoms. The van der Waals surface area contributed by atoms with Gasteiger partial charge in [0.15, 0.2) is 5.78 Å². The fourth-order valence-corrected chi connectivity index (χ4v) is 1.18. The van der Waals surface area contributed by atoms with E-state index < -0.39 is 0 Å². The maximum atomic E-state index is 11.1. The number of hydrogen-bond donors (Lipinski definition) is 0. The van der Waals surface area contributed by atoms with Crippen LogP contribution in [0.3, 0.4) is 0 Å². The van der Waals surface area contributed by atoms with Crippen molar-refractivity contribution in [3.63, 3.8) is 0 Å². The Morgan fingerprint density at radius 3 is 2.90 bits per heavy atom. The van der Waals surface area contributed by atoms with Gasteiger partial charge in [-0.25, -0.2) is 0 Å². The van der Waals surface area contributed by atoms with Crippen LogP contribution in [0.15, 0.2) is 23.9 Å². The Kier molecular flexibility index (Phi) is 1.97. The minimum atomic E-state index is -0.0116. The third-order valence-electron chi connectivity index (χ3n) is 1.04. The average Bonchev–Trinajstić information content (AvgIpc) is 2.36. The molecule has 1 heterocycles. The molecule has 1 aromatic rings. The van der Waals surface area contributed by atoms with Crippen molar-refractivity contribution in [1.29, 1.82) is 0 Å². The number of carbonyl (C=O) groups excluding carboxylic acids is 1.